The first-order valence-electron chi connectivity index (χ1n) is 9.71. The molecule has 0 spiro atoms. The number of hydrogen-bond donors (Lipinski definition) is 1. The van der Waals surface area contributed by atoms with Gasteiger partial charge in [-0.3, -0.25) is 9.78 Å². The molecule has 0 saturated heterocycles. The quantitative estimate of drug-likeness (QED) is 0.355. The van der Waals surface area contributed by atoms with Gasteiger partial charge in [0, 0.05) is 11.9 Å². The third-order valence-corrected chi connectivity index (χ3v) is 5.68. The number of carbonyl (C=O) groups excluding carboxylic acids is 1. The Bertz CT molecular complexity index is 1320. The first-order valence-corrected chi connectivity index (χ1v) is 10.5. The van der Waals surface area contributed by atoms with Crippen LogP contribution in [0.5, 0.6) is 11.5 Å². The number of para-hydroxylation sites is 2. The average Bonchev–Trinajstić information content (AvgIpc) is 3.25. The Kier molecular flexibility index (Phi) is 5.12. The van der Waals surface area contributed by atoms with E-state index in [1.807, 2.05) is 78.9 Å². The Hall–Kier alpha value is -4.03. The van der Waals surface area contributed by atoms with E-state index in [2.05, 4.69) is 15.3 Å². The summed E-state index contributed by atoms with van der Waals surface area (Å²) in [6, 6.07) is 28.2. The molecule has 0 radical (unpaired) electrons. The van der Waals surface area contributed by atoms with Crippen LogP contribution < -0.4 is 10.1 Å². The minimum absolute atomic E-state index is 0.237. The summed E-state index contributed by atoms with van der Waals surface area (Å²) >= 11 is 1.52. The summed E-state index contributed by atoms with van der Waals surface area (Å²) in [5, 5.41) is 3.66. The summed E-state index contributed by atoms with van der Waals surface area (Å²) in [7, 11) is 0. The van der Waals surface area contributed by atoms with Gasteiger partial charge < -0.3 is 10.1 Å². The minimum Gasteiger partial charge on any atom is -0.457 e. The molecule has 31 heavy (non-hydrogen) atoms. The van der Waals surface area contributed by atoms with E-state index in [4.69, 9.17) is 4.74 Å². The third-order valence-electron chi connectivity index (χ3n) is 4.64. The molecule has 5 rings (SSSR count). The van der Waals surface area contributed by atoms with E-state index in [9.17, 15) is 4.79 Å². The van der Waals surface area contributed by atoms with E-state index < -0.39 is 0 Å². The van der Waals surface area contributed by atoms with Crippen molar-refractivity contribution < 1.29 is 9.53 Å². The van der Waals surface area contributed by atoms with Gasteiger partial charge in [-0.25, -0.2) is 4.98 Å². The topological polar surface area (TPSA) is 64.1 Å². The number of hydrogen-bond acceptors (Lipinski definition) is 5. The van der Waals surface area contributed by atoms with Gasteiger partial charge in [0.25, 0.3) is 5.91 Å². The predicted octanol–water partition coefficient (Wildman–Crippen LogP) is 6.40. The molecule has 150 valence electrons. The van der Waals surface area contributed by atoms with E-state index in [0.29, 0.717) is 22.7 Å². The maximum absolute atomic E-state index is 13.0. The number of fused-ring (bicyclic) bond motifs is 1. The molecule has 0 aliphatic rings. The Morgan fingerprint density at radius 1 is 0.806 bits per heavy atom. The van der Waals surface area contributed by atoms with E-state index in [-0.39, 0.29) is 5.91 Å². The summed E-state index contributed by atoms with van der Waals surface area (Å²) in [4.78, 5) is 22.1. The Balaban J connectivity index is 1.36. The number of benzene rings is 3. The molecule has 1 amide bonds. The zero-order chi connectivity index (χ0) is 21.0. The molecule has 0 atom stereocenters. The summed E-state index contributed by atoms with van der Waals surface area (Å²) in [6.45, 7) is 0. The van der Waals surface area contributed by atoms with Gasteiger partial charge in [0.2, 0.25) is 0 Å². The van der Waals surface area contributed by atoms with Gasteiger partial charge in [-0.05, 0) is 60.7 Å². The van der Waals surface area contributed by atoms with Crippen LogP contribution in [0.4, 0.5) is 5.69 Å². The van der Waals surface area contributed by atoms with Gasteiger partial charge in [-0.2, -0.15) is 0 Å². The molecule has 2 heterocycles. The predicted molar refractivity (Wildman–Crippen MR) is 124 cm³/mol. The molecular formula is C25H17N3O2S. The van der Waals surface area contributed by atoms with Gasteiger partial charge in [0.05, 0.1) is 15.8 Å². The van der Waals surface area contributed by atoms with Crippen molar-refractivity contribution in [1.29, 1.82) is 0 Å². The summed E-state index contributed by atoms with van der Waals surface area (Å²) in [5.41, 5.74) is 2.62. The van der Waals surface area contributed by atoms with Crippen LogP contribution in [-0.4, -0.2) is 15.9 Å². The maximum atomic E-state index is 13.0. The number of ether oxygens (including phenoxy) is 1. The molecule has 0 saturated carbocycles. The van der Waals surface area contributed by atoms with Gasteiger partial charge >= 0.3 is 0 Å². The van der Waals surface area contributed by atoms with Crippen LogP contribution in [0.25, 0.3) is 20.9 Å². The number of amides is 1. The van der Waals surface area contributed by atoms with Gasteiger partial charge in [-0.1, -0.05) is 30.3 Å². The number of aromatic nitrogens is 2. The Morgan fingerprint density at radius 3 is 2.35 bits per heavy atom. The van der Waals surface area contributed by atoms with Gasteiger partial charge in [0.1, 0.15) is 22.2 Å². The van der Waals surface area contributed by atoms with E-state index in [1.165, 1.54) is 11.3 Å². The molecule has 3 aromatic carbocycles. The summed E-state index contributed by atoms with van der Waals surface area (Å²) < 4.78 is 6.86. The van der Waals surface area contributed by atoms with Crippen molar-refractivity contribution in [3.8, 4) is 22.2 Å². The van der Waals surface area contributed by atoms with E-state index >= 15 is 0 Å². The first-order chi connectivity index (χ1) is 15.3. The number of nitrogens with zero attached hydrogens (tertiary/aromatic N) is 2. The van der Waals surface area contributed by atoms with E-state index in [1.54, 1.807) is 18.3 Å². The van der Waals surface area contributed by atoms with Crippen LogP contribution in [0.15, 0.2) is 97.2 Å². The summed E-state index contributed by atoms with van der Waals surface area (Å²) in [6.07, 6.45) is 1.67. The summed E-state index contributed by atoms with van der Waals surface area (Å²) in [5.74, 6) is 1.22. The Morgan fingerprint density at radius 2 is 1.55 bits per heavy atom. The molecule has 0 unspecified atom stereocenters. The fourth-order valence-corrected chi connectivity index (χ4v) is 4.14. The molecule has 1 N–H and O–H groups in total. The SMILES string of the molecule is O=C(Nc1ccc(Oc2ccccc2)cc1)c1cccnc1-c1nc2ccccc2s1. The van der Waals surface area contributed by atoms with Crippen LogP contribution in [0.1, 0.15) is 10.4 Å². The van der Waals surface area contributed by atoms with E-state index in [0.717, 1.165) is 21.0 Å². The highest BCUT2D eigenvalue weighted by atomic mass is 32.1. The van der Waals surface area contributed by atoms with Crippen LogP contribution >= 0.6 is 11.3 Å². The normalized spacial score (nSPS) is 10.7. The van der Waals surface area contributed by atoms with Crippen molar-refractivity contribution in [3.05, 3.63) is 103 Å². The molecule has 5 nitrogen and oxygen atoms in total. The zero-order valence-corrected chi connectivity index (χ0v) is 17.2. The van der Waals surface area contributed by atoms with Crippen molar-refractivity contribution in [2.45, 2.75) is 0 Å². The second-order valence-corrected chi connectivity index (χ2v) is 7.81. The lowest BCUT2D eigenvalue weighted by molar-refractivity contribution is 0.102. The fraction of sp³-hybridized carbons (Fsp3) is 0. The highest BCUT2D eigenvalue weighted by Crippen LogP contribution is 2.31. The molecule has 6 heteroatoms. The monoisotopic (exact) mass is 423 g/mol. The van der Waals surface area contributed by atoms with Crippen molar-refractivity contribution in [1.82, 2.24) is 9.97 Å². The average molecular weight is 423 g/mol. The number of thiazole rings is 1. The second kappa shape index (κ2) is 8.38. The molecule has 5 aromatic rings. The van der Waals surface area contributed by atoms with Crippen LogP contribution in [-0.2, 0) is 0 Å². The van der Waals surface area contributed by atoms with Crippen molar-refractivity contribution in [2.24, 2.45) is 0 Å². The number of nitrogens with one attached hydrogen (secondary N) is 1. The lowest BCUT2D eigenvalue weighted by atomic mass is 10.1. The third kappa shape index (κ3) is 4.15. The fourth-order valence-electron chi connectivity index (χ4n) is 3.16. The highest BCUT2D eigenvalue weighted by molar-refractivity contribution is 7.21. The second-order valence-electron chi connectivity index (χ2n) is 6.78. The zero-order valence-electron chi connectivity index (χ0n) is 16.4. The number of pyridine rings is 1. The smallest absolute Gasteiger partial charge is 0.257 e. The molecular weight excluding hydrogens is 406 g/mol. The lowest BCUT2D eigenvalue weighted by Crippen LogP contribution is -2.13. The van der Waals surface area contributed by atoms with Crippen LogP contribution in [0.2, 0.25) is 0 Å². The van der Waals surface area contributed by atoms with Gasteiger partial charge in [0.15, 0.2) is 0 Å². The van der Waals surface area contributed by atoms with Crippen molar-refractivity contribution in [3.63, 3.8) is 0 Å². The minimum atomic E-state index is -0.237. The Labute approximate surface area is 183 Å². The van der Waals surface area contributed by atoms with Crippen LogP contribution in [0.3, 0.4) is 0 Å². The molecule has 0 fully saturated rings. The lowest BCUT2D eigenvalue weighted by Gasteiger charge is -2.09. The molecule has 0 aliphatic carbocycles. The first kappa shape index (κ1) is 19.0. The largest absolute Gasteiger partial charge is 0.457 e. The standard InChI is InChI=1S/C25H17N3O2S/c29-24(27-17-12-14-19(15-13-17)30-18-7-2-1-3-8-18)20-9-6-16-26-23(20)25-28-21-10-4-5-11-22(21)31-25/h1-16H,(H,27,29). The maximum Gasteiger partial charge on any atom is 0.257 e. The molecule has 0 bridgehead atoms. The van der Waals surface area contributed by atoms with Crippen molar-refractivity contribution in [2.75, 3.05) is 5.32 Å². The molecule has 2 aromatic heterocycles. The van der Waals surface area contributed by atoms with Crippen LogP contribution in [0, 0.1) is 0 Å². The van der Waals surface area contributed by atoms with Crippen molar-refractivity contribution >= 4 is 33.1 Å². The number of carbonyl (C=O) groups is 1. The molecule has 0 aliphatic heterocycles. The number of rotatable bonds is 5. The van der Waals surface area contributed by atoms with Gasteiger partial charge in [-0.15, -0.1) is 11.3 Å². The number of anilines is 1. The highest BCUT2D eigenvalue weighted by Gasteiger charge is 2.17.